The molecule has 0 saturated carbocycles. The lowest BCUT2D eigenvalue weighted by Gasteiger charge is -2.06. The van der Waals surface area contributed by atoms with Crippen LogP contribution in [-0.4, -0.2) is 17.6 Å². The van der Waals surface area contributed by atoms with Crippen LogP contribution in [0.2, 0.25) is 0 Å². The van der Waals surface area contributed by atoms with Gasteiger partial charge in [0.05, 0.1) is 6.61 Å². The molecule has 5 nitrogen and oxygen atoms in total. The third kappa shape index (κ3) is 4.97. The minimum absolute atomic E-state index is 0.0316. The maximum absolute atomic E-state index is 11.6. The van der Waals surface area contributed by atoms with Gasteiger partial charge in [-0.25, -0.2) is 4.79 Å². The number of hydrogen-bond donors (Lipinski definition) is 0. The summed E-state index contributed by atoms with van der Waals surface area (Å²) >= 11 is 0. The van der Waals surface area contributed by atoms with Crippen molar-refractivity contribution < 1.29 is 14.3 Å². The molecule has 0 aliphatic heterocycles. The Hall–Kier alpha value is -3.13. The largest absolute Gasteiger partial charge is 0.489 e. The highest BCUT2D eigenvalue weighted by Gasteiger charge is 2.09. The van der Waals surface area contributed by atoms with Gasteiger partial charge in [0.2, 0.25) is 0 Å². The zero-order valence-corrected chi connectivity index (χ0v) is 12.7. The number of ether oxygens (including phenoxy) is 2. The van der Waals surface area contributed by atoms with Crippen molar-refractivity contribution in [3.05, 3.63) is 65.5 Å². The molecule has 116 valence electrons. The third-order valence-corrected chi connectivity index (χ3v) is 2.94. The molecule has 0 bridgehead atoms. The van der Waals surface area contributed by atoms with E-state index in [1.807, 2.05) is 18.2 Å². The quantitative estimate of drug-likeness (QED) is 0.466. The number of carbonyl (C=O) groups excluding carboxylic acids is 1. The van der Waals surface area contributed by atoms with Gasteiger partial charge >= 0.3 is 5.97 Å². The molecule has 0 saturated heterocycles. The standard InChI is InChI=1S/C18H16N2O3/c1-2-22-18(21)16(11-19)10-14-5-7-17(8-6-14)23-13-15-4-3-9-20-12-15/h3-10,12H,2,13H2,1H3. The average Bonchev–Trinajstić information content (AvgIpc) is 2.60. The SMILES string of the molecule is CCOC(=O)C(C#N)=Cc1ccc(OCc2cccnc2)cc1. The van der Waals surface area contributed by atoms with E-state index >= 15 is 0 Å². The van der Waals surface area contributed by atoms with E-state index in [2.05, 4.69) is 4.98 Å². The van der Waals surface area contributed by atoms with E-state index in [1.54, 1.807) is 43.6 Å². The van der Waals surface area contributed by atoms with E-state index in [4.69, 9.17) is 14.7 Å². The Labute approximate surface area is 134 Å². The predicted molar refractivity (Wildman–Crippen MR) is 85.2 cm³/mol. The maximum Gasteiger partial charge on any atom is 0.348 e. The van der Waals surface area contributed by atoms with Gasteiger partial charge in [0.1, 0.15) is 24.0 Å². The van der Waals surface area contributed by atoms with Gasteiger partial charge in [-0.05, 0) is 36.8 Å². The second-order valence-corrected chi connectivity index (χ2v) is 4.61. The van der Waals surface area contributed by atoms with E-state index in [0.29, 0.717) is 12.4 Å². The first-order valence-corrected chi connectivity index (χ1v) is 7.13. The van der Waals surface area contributed by atoms with Crippen LogP contribution in [0.1, 0.15) is 18.1 Å². The van der Waals surface area contributed by atoms with Gasteiger partial charge in [-0.2, -0.15) is 5.26 Å². The van der Waals surface area contributed by atoms with Crippen molar-refractivity contribution in [2.45, 2.75) is 13.5 Å². The van der Waals surface area contributed by atoms with Crippen LogP contribution in [0.25, 0.3) is 6.08 Å². The van der Waals surface area contributed by atoms with Crippen molar-refractivity contribution in [1.29, 1.82) is 5.26 Å². The molecule has 0 aliphatic rings. The summed E-state index contributed by atoms with van der Waals surface area (Å²) < 4.78 is 10.5. The molecule has 5 heteroatoms. The van der Waals surface area contributed by atoms with Crippen LogP contribution >= 0.6 is 0 Å². The topological polar surface area (TPSA) is 72.2 Å². The van der Waals surface area contributed by atoms with Crippen LogP contribution in [0, 0.1) is 11.3 Å². The molecule has 2 rings (SSSR count). The van der Waals surface area contributed by atoms with Crippen LogP contribution in [0.5, 0.6) is 5.75 Å². The molecular formula is C18H16N2O3. The van der Waals surface area contributed by atoms with E-state index < -0.39 is 5.97 Å². The van der Waals surface area contributed by atoms with Gasteiger partial charge in [-0.1, -0.05) is 18.2 Å². The lowest BCUT2D eigenvalue weighted by atomic mass is 10.1. The first kappa shape index (κ1) is 16.2. The fourth-order valence-corrected chi connectivity index (χ4v) is 1.82. The van der Waals surface area contributed by atoms with Crippen LogP contribution in [0.3, 0.4) is 0 Å². The number of aromatic nitrogens is 1. The molecule has 0 atom stereocenters. The zero-order chi connectivity index (χ0) is 16.5. The Morgan fingerprint density at radius 1 is 1.30 bits per heavy atom. The molecule has 1 aromatic carbocycles. The van der Waals surface area contributed by atoms with Gasteiger partial charge in [-0.3, -0.25) is 4.98 Å². The summed E-state index contributed by atoms with van der Waals surface area (Å²) in [5, 5.41) is 9.00. The molecule has 0 aliphatic carbocycles. The molecule has 0 amide bonds. The number of rotatable bonds is 6. The summed E-state index contributed by atoms with van der Waals surface area (Å²) in [4.78, 5) is 15.6. The number of nitrogens with zero attached hydrogens (tertiary/aromatic N) is 2. The van der Waals surface area contributed by atoms with Crippen molar-refractivity contribution in [1.82, 2.24) is 4.98 Å². The minimum atomic E-state index is -0.619. The van der Waals surface area contributed by atoms with E-state index in [0.717, 1.165) is 11.1 Å². The van der Waals surface area contributed by atoms with Gasteiger partial charge in [0.15, 0.2) is 0 Å². The summed E-state index contributed by atoms with van der Waals surface area (Å²) in [7, 11) is 0. The fraction of sp³-hybridized carbons (Fsp3) is 0.167. The molecule has 1 heterocycles. The van der Waals surface area contributed by atoms with Crippen molar-refractivity contribution in [3.63, 3.8) is 0 Å². The predicted octanol–water partition coefficient (Wildman–Crippen LogP) is 3.13. The first-order chi connectivity index (χ1) is 11.2. The second-order valence-electron chi connectivity index (χ2n) is 4.61. The summed E-state index contributed by atoms with van der Waals surface area (Å²) in [6, 6.07) is 12.7. The number of hydrogen-bond acceptors (Lipinski definition) is 5. The number of nitriles is 1. The van der Waals surface area contributed by atoms with Crippen LogP contribution in [-0.2, 0) is 16.1 Å². The molecular weight excluding hydrogens is 292 g/mol. The summed E-state index contributed by atoms with van der Waals surface area (Å²) in [6.45, 7) is 2.36. The molecule has 23 heavy (non-hydrogen) atoms. The minimum Gasteiger partial charge on any atom is -0.489 e. The molecule has 0 fully saturated rings. The van der Waals surface area contributed by atoms with Crippen molar-refractivity contribution >= 4 is 12.0 Å². The van der Waals surface area contributed by atoms with Crippen LogP contribution in [0.4, 0.5) is 0 Å². The lowest BCUT2D eigenvalue weighted by Crippen LogP contribution is -2.05. The van der Waals surface area contributed by atoms with E-state index in [-0.39, 0.29) is 12.2 Å². The van der Waals surface area contributed by atoms with E-state index in [9.17, 15) is 4.79 Å². The summed E-state index contributed by atoms with van der Waals surface area (Å²) in [5.74, 6) is 0.0764. The molecule has 2 aromatic rings. The lowest BCUT2D eigenvalue weighted by molar-refractivity contribution is -0.137. The zero-order valence-electron chi connectivity index (χ0n) is 12.7. The molecule has 0 unspecified atom stereocenters. The number of esters is 1. The van der Waals surface area contributed by atoms with Crippen molar-refractivity contribution in [2.75, 3.05) is 6.61 Å². The summed E-state index contributed by atoms with van der Waals surface area (Å²) in [5.41, 5.74) is 1.67. The Balaban J connectivity index is 2.01. The van der Waals surface area contributed by atoms with Gasteiger partial charge in [-0.15, -0.1) is 0 Å². The highest BCUT2D eigenvalue weighted by molar-refractivity contribution is 5.97. The smallest absolute Gasteiger partial charge is 0.348 e. The highest BCUT2D eigenvalue weighted by Crippen LogP contribution is 2.16. The average molecular weight is 308 g/mol. The Morgan fingerprint density at radius 3 is 2.70 bits per heavy atom. The molecule has 0 spiro atoms. The Kier molecular flexibility index (Phi) is 5.89. The number of carbonyl (C=O) groups is 1. The third-order valence-electron chi connectivity index (χ3n) is 2.94. The molecule has 0 N–H and O–H groups in total. The molecule has 1 aromatic heterocycles. The summed E-state index contributed by atoms with van der Waals surface area (Å²) in [6.07, 6.45) is 4.94. The number of benzene rings is 1. The molecule has 0 radical (unpaired) electrons. The van der Waals surface area contributed by atoms with Gasteiger partial charge < -0.3 is 9.47 Å². The highest BCUT2D eigenvalue weighted by atomic mass is 16.5. The number of pyridine rings is 1. The Morgan fingerprint density at radius 2 is 2.09 bits per heavy atom. The first-order valence-electron chi connectivity index (χ1n) is 7.13. The second kappa shape index (κ2) is 8.35. The van der Waals surface area contributed by atoms with Crippen LogP contribution < -0.4 is 4.74 Å². The maximum atomic E-state index is 11.6. The Bertz CT molecular complexity index is 716. The van der Waals surface area contributed by atoms with Crippen molar-refractivity contribution in [2.24, 2.45) is 0 Å². The van der Waals surface area contributed by atoms with Gasteiger partial charge in [0.25, 0.3) is 0 Å². The van der Waals surface area contributed by atoms with Gasteiger partial charge in [0, 0.05) is 18.0 Å². The van der Waals surface area contributed by atoms with Crippen molar-refractivity contribution in [3.8, 4) is 11.8 Å². The van der Waals surface area contributed by atoms with Crippen LogP contribution in [0.15, 0.2) is 54.4 Å². The van der Waals surface area contributed by atoms with E-state index in [1.165, 1.54) is 6.08 Å². The fourth-order valence-electron chi connectivity index (χ4n) is 1.82. The normalized spacial score (nSPS) is 10.7. The monoisotopic (exact) mass is 308 g/mol.